The first-order valence-corrected chi connectivity index (χ1v) is 9.96. The smallest absolute Gasteiger partial charge is 0.280 e. The van der Waals surface area contributed by atoms with Gasteiger partial charge in [-0.25, -0.2) is 0 Å². The van der Waals surface area contributed by atoms with Gasteiger partial charge in [-0.2, -0.15) is 17.4 Å². The van der Waals surface area contributed by atoms with E-state index in [1.54, 1.807) is 16.4 Å². The number of nitrogen functional groups attached to an aromatic ring is 1. The van der Waals surface area contributed by atoms with Gasteiger partial charge < -0.3 is 10.5 Å². The number of anilines is 1. The molecule has 134 valence electrons. The molecule has 0 aromatic heterocycles. The van der Waals surface area contributed by atoms with E-state index in [4.69, 9.17) is 10.5 Å². The Morgan fingerprint density at radius 2 is 2.12 bits per heavy atom. The highest BCUT2D eigenvalue weighted by atomic mass is 32.2. The van der Waals surface area contributed by atoms with E-state index in [9.17, 15) is 8.42 Å². The Bertz CT molecular complexity index is 718. The topological polar surface area (TPSA) is 84.7 Å². The highest BCUT2D eigenvalue weighted by molar-refractivity contribution is 7.87. The molecule has 24 heavy (non-hydrogen) atoms. The zero-order valence-corrected chi connectivity index (χ0v) is 15.4. The summed E-state index contributed by atoms with van der Waals surface area (Å²) in [4.78, 5) is 0. The molecular weight excluding hydrogens is 326 g/mol. The van der Waals surface area contributed by atoms with E-state index in [0.717, 1.165) is 18.4 Å². The molecule has 0 aliphatic carbocycles. The summed E-state index contributed by atoms with van der Waals surface area (Å²) in [6.45, 7) is 7.18. The SMILES string of the molecule is CC1CCCN(S(=O)(=O)NC2CC(C)(C)Oc3ccc(N)cc32)C1. The van der Waals surface area contributed by atoms with Gasteiger partial charge in [-0.05, 0) is 50.8 Å². The van der Waals surface area contributed by atoms with Crippen molar-refractivity contribution in [2.24, 2.45) is 5.92 Å². The number of piperidine rings is 1. The first-order valence-electron chi connectivity index (χ1n) is 8.52. The number of rotatable bonds is 3. The van der Waals surface area contributed by atoms with Crippen LogP contribution in [-0.2, 0) is 10.2 Å². The third-order valence-electron chi connectivity index (χ3n) is 4.74. The summed E-state index contributed by atoms with van der Waals surface area (Å²) in [6, 6.07) is 5.05. The zero-order chi connectivity index (χ0) is 17.5. The molecule has 3 rings (SSSR count). The van der Waals surface area contributed by atoms with Crippen molar-refractivity contribution < 1.29 is 13.2 Å². The minimum absolute atomic E-state index is 0.338. The van der Waals surface area contributed by atoms with Crippen LogP contribution >= 0.6 is 0 Å². The van der Waals surface area contributed by atoms with Crippen LogP contribution in [0.25, 0.3) is 0 Å². The second-order valence-electron chi connectivity index (χ2n) is 7.64. The van der Waals surface area contributed by atoms with E-state index < -0.39 is 15.8 Å². The van der Waals surface area contributed by atoms with Gasteiger partial charge in [-0.3, -0.25) is 0 Å². The fraction of sp³-hybridized carbons (Fsp3) is 0.647. The number of hydrogen-bond donors (Lipinski definition) is 2. The fourth-order valence-corrected chi connectivity index (χ4v) is 5.14. The van der Waals surface area contributed by atoms with E-state index >= 15 is 0 Å². The van der Waals surface area contributed by atoms with Crippen molar-refractivity contribution in [1.82, 2.24) is 9.03 Å². The normalized spacial score (nSPS) is 27.3. The number of nitrogens with zero attached hydrogens (tertiary/aromatic N) is 1. The van der Waals surface area contributed by atoms with E-state index in [2.05, 4.69) is 11.6 Å². The van der Waals surface area contributed by atoms with Crippen molar-refractivity contribution in [3.05, 3.63) is 23.8 Å². The van der Waals surface area contributed by atoms with E-state index in [1.807, 2.05) is 19.9 Å². The average Bonchev–Trinajstić information content (AvgIpc) is 2.47. The molecule has 2 aliphatic heterocycles. The summed E-state index contributed by atoms with van der Waals surface area (Å²) >= 11 is 0. The van der Waals surface area contributed by atoms with Crippen LogP contribution in [0.2, 0.25) is 0 Å². The molecule has 2 aliphatic rings. The molecule has 1 saturated heterocycles. The van der Waals surface area contributed by atoms with Gasteiger partial charge in [0.15, 0.2) is 0 Å². The molecule has 1 fully saturated rings. The molecule has 0 bridgehead atoms. The molecule has 2 atom stereocenters. The van der Waals surface area contributed by atoms with Crippen molar-refractivity contribution in [3.63, 3.8) is 0 Å². The van der Waals surface area contributed by atoms with Crippen molar-refractivity contribution in [2.75, 3.05) is 18.8 Å². The number of ether oxygens (including phenoxy) is 1. The lowest BCUT2D eigenvalue weighted by Gasteiger charge is -2.39. The van der Waals surface area contributed by atoms with E-state index in [0.29, 0.717) is 36.9 Å². The van der Waals surface area contributed by atoms with Gasteiger partial charge >= 0.3 is 0 Å². The van der Waals surface area contributed by atoms with Crippen LogP contribution in [0.4, 0.5) is 5.69 Å². The number of hydrogen-bond acceptors (Lipinski definition) is 4. The number of benzene rings is 1. The van der Waals surface area contributed by atoms with Crippen LogP contribution in [0.15, 0.2) is 18.2 Å². The Morgan fingerprint density at radius 1 is 1.38 bits per heavy atom. The molecule has 0 saturated carbocycles. The van der Waals surface area contributed by atoms with Gasteiger partial charge in [0.1, 0.15) is 11.4 Å². The van der Waals surface area contributed by atoms with Crippen LogP contribution in [-0.4, -0.2) is 31.4 Å². The molecular formula is C17H27N3O3S. The van der Waals surface area contributed by atoms with Gasteiger partial charge in [0.05, 0.1) is 6.04 Å². The van der Waals surface area contributed by atoms with Crippen molar-refractivity contribution in [2.45, 2.75) is 51.7 Å². The summed E-state index contributed by atoms with van der Waals surface area (Å²) < 4.78 is 36.1. The highest BCUT2D eigenvalue weighted by Crippen LogP contribution is 2.40. The second kappa shape index (κ2) is 6.20. The lowest BCUT2D eigenvalue weighted by Crippen LogP contribution is -2.49. The summed E-state index contributed by atoms with van der Waals surface area (Å²) in [5, 5.41) is 0. The molecule has 1 aromatic carbocycles. The first-order chi connectivity index (χ1) is 11.2. The number of nitrogens with one attached hydrogen (secondary N) is 1. The maximum absolute atomic E-state index is 12.8. The van der Waals surface area contributed by atoms with Gasteiger partial charge in [0.25, 0.3) is 10.2 Å². The molecule has 0 radical (unpaired) electrons. The Kier molecular flexibility index (Phi) is 4.53. The predicted octanol–water partition coefficient (Wildman–Crippen LogP) is 2.44. The van der Waals surface area contributed by atoms with Crippen LogP contribution < -0.4 is 15.2 Å². The lowest BCUT2D eigenvalue weighted by molar-refractivity contribution is 0.0698. The van der Waals surface area contributed by atoms with Gasteiger partial charge in [0, 0.05) is 30.8 Å². The first kappa shape index (κ1) is 17.5. The van der Waals surface area contributed by atoms with E-state index in [-0.39, 0.29) is 6.04 Å². The Labute approximate surface area is 144 Å². The van der Waals surface area contributed by atoms with Crippen molar-refractivity contribution in [1.29, 1.82) is 0 Å². The molecule has 2 heterocycles. The van der Waals surface area contributed by atoms with E-state index in [1.165, 1.54) is 0 Å². The molecule has 0 spiro atoms. The van der Waals surface area contributed by atoms with Crippen molar-refractivity contribution >= 4 is 15.9 Å². The maximum atomic E-state index is 12.8. The molecule has 7 heteroatoms. The highest BCUT2D eigenvalue weighted by Gasteiger charge is 2.37. The molecule has 1 aromatic rings. The summed E-state index contributed by atoms with van der Waals surface area (Å²) in [7, 11) is -3.53. The number of fused-ring (bicyclic) bond motifs is 1. The molecule has 3 N–H and O–H groups in total. The Morgan fingerprint density at radius 3 is 2.83 bits per heavy atom. The summed E-state index contributed by atoms with van der Waals surface area (Å²) in [5.41, 5.74) is 6.87. The van der Waals surface area contributed by atoms with Crippen LogP contribution in [0.1, 0.15) is 51.6 Å². The summed E-state index contributed by atoms with van der Waals surface area (Å²) in [5.74, 6) is 1.09. The Hall–Kier alpha value is -1.31. The minimum atomic E-state index is -3.53. The quantitative estimate of drug-likeness (QED) is 0.818. The van der Waals surface area contributed by atoms with Crippen molar-refractivity contribution in [3.8, 4) is 5.75 Å². The van der Waals surface area contributed by atoms with Gasteiger partial charge in [-0.15, -0.1) is 0 Å². The third kappa shape index (κ3) is 3.68. The Balaban J connectivity index is 1.87. The maximum Gasteiger partial charge on any atom is 0.280 e. The lowest BCUT2D eigenvalue weighted by atomic mass is 9.90. The molecule has 0 amide bonds. The molecule has 6 nitrogen and oxygen atoms in total. The standard InChI is InChI=1S/C17H27N3O3S/c1-12-5-4-8-20(11-12)24(21,22)19-15-10-17(2,3)23-16-7-6-13(18)9-14(15)16/h6-7,9,12,15,19H,4-5,8,10-11,18H2,1-3H3. The minimum Gasteiger partial charge on any atom is -0.487 e. The van der Waals surface area contributed by atoms with Gasteiger partial charge in [0.2, 0.25) is 0 Å². The van der Waals surface area contributed by atoms with Crippen LogP contribution in [0, 0.1) is 5.92 Å². The largest absolute Gasteiger partial charge is 0.487 e. The van der Waals surface area contributed by atoms with Crippen LogP contribution in [0.5, 0.6) is 5.75 Å². The third-order valence-corrected chi connectivity index (χ3v) is 6.34. The summed E-state index contributed by atoms with van der Waals surface area (Å²) in [6.07, 6.45) is 2.55. The fourth-order valence-electron chi connectivity index (χ4n) is 3.60. The average molecular weight is 353 g/mol. The monoisotopic (exact) mass is 353 g/mol. The molecule has 2 unspecified atom stereocenters. The van der Waals surface area contributed by atoms with Crippen LogP contribution in [0.3, 0.4) is 0 Å². The second-order valence-corrected chi connectivity index (χ2v) is 9.35. The number of nitrogens with two attached hydrogens (primary N) is 1. The van der Waals surface area contributed by atoms with Gasteiger partial charge in [-0.1, -0.05) is 6.92 Å². The zero-order valence-electron chi connectivity index (χ0n) is 14.6. The predicted molar refractivity (Wildman–Crippen MR) is 94.9 cm³/mol.